The largest absolute Gasteiger partial charge is 0.356 e. The topological polar surface area (TPSA) is 68.0 Å². The maximum atomic E-state index is 12.7. The molecule has 0 spiro atoms. The fourth-order valence-electron chi connectivity index (χ4n) is 4.30. The van der Waals surface area contributed by atoms with Crippen LogP contribution in [0.3, 0.4) is 0 Å². The SMILES string of the molecule is O=C(NCCn1cccc1)[C@H]1CCCN(c2cc(-n3ccc4ccccc43)ncn2)C1. The lowest BCUT2D eigenvalue weighted by Gasteiger charge is -2.33. The third-order valence-corrected chi connectivity index (χ3v) is 5.94. The summed E-state index contributed by atoms with van der Waals surface area (Å²) < 4.78 is 4.15. The number of benzene rings is 1. The van der Waals surface area contributed by atoms with Crippen molar-refractivity contribution in [1.29, 1.82) is 0 Å². The zero-order valence-electron chi connectivity index (χ0n) is 17.4. The first-order valence-electron chi connectivity index (χ1n) is 10.8. The summed E-state index contributed by atoms with van der Waals surface area (Å²) in [5, 5.41) is 4.27. The van der Waals surface area contributed by atoms with Gasteiger partial charge in [0.25, 0.3) is 0 Å². The minimum Gasteiger partial charge on any atom is -0.356 e. The smallest absolute Gasteiger partial charge is 0.224 e. The van der Waals surface area contributed by atoms with Crippen LogP contribution < -0.4 is 10.2 Å². The molecule has 7 heteroatoms. The van der Waals surface area contributed by atoms with E-state index >= 15 is 0 Å². The Balaban J connectivity index is 1.27. The predicted octanol–water partition coefficient (Wildman–Crippen LogP) is 3.25. The quantitative estimate of drug-likeness (QED) is 0.526. The van der Waals surface area contributed by atoms with Crippen molar-refractivity contribution in [3.05, 3.63) is 73.4 Å². The highest BCUT2D eigenvalue weighted by Crippen LogP contribution is 2.24. The first kappa shape index (κ1) is 19.4. The van der Waals surface area contributed by atoms with Gasteiger partial charge in [-0.3, -0.25) is 4.79 Å². The van der Waals surface area contributed by atoms with Crippen LogP contribution in [0.4, 0.5) is 5.82 Å². The van der Waals surface area contributed by atoms with Crippen LogP contribution in [0.1, 0.15) is 12.8 Å². The number of para-hydroxylation sites is 1. The molecule has 4 heterocycles. The Kier molecular flexibility index (Phi) is 5.39. The fourth-order valence-corrected chi connectivity index (χ4v) is 4.30. The number of anilines is 1. The zero-order valence-corrected chi connectivity index (χ0v) is 17.4. The highest BCUT2D eigenvalue weighted by molar-refractivity contribution is 5.82. The van der Waals surface area contributed by atoms with Crippen LogP contribution in [0.2, 0.25) is 0 Å². The minimum absolute atomic E-state index is 0.0239. The number of piperidine rings is 1. The normalized spacial score (nSPS) is 16.5. The van der Waals surface area contributed by atoms with Crippen LogP contribution in [0.25, 0.3) is 16.7 Å². The highest BCUT2D eigenvalue weighted by Gasteiger charge is 2.26. The van der Waals surface area contributed by atoms with E-state index in [2.05, 4.69) is 47.5 Å². The molecular weight excluding hydrogens is 388 g/mol. The van der Waals surface area contributed by atoms with Gasteiger partial charge in [-0.05, 0) is 42.5 Å². The molecule has 1 aliphatic heterocycles. The third kappa shape index (κ3) is 4.17. The molecule has 1 aliphatic rings. The molecule has 1 atom stereocenters. The molecule has 0 aliphatic carbocycles. The van der Waals surface area contributed by atoms with E-state index in [1.165, 1.54) is 5.39 Å². The number of nitrogens with zero attached hydrogens (tertiary/aromatic N) is 5. The predicted molar refractivity (Wildman–Crippen MR) is 121 cm³/mol. The summed E-state index contributed by atoms with van der Waals surface area (Å²) in [7, 11) is 0. The Morgan fingerprint density at radius 1 is 1.03 bits per heavy atom. The monoisotopic (exact) mass is 414 g/mol. The van der Waals surface area contributed by atoms with E-state index in [4.69, 9.17) is 0 Å². The minimum atomic E-state index is -0.0239. The summed E-state index contributed by atoms with van der Waals surface area (Å²) in [6.07, 6.45) is 9.55. The molecule has 1 N–H and O–H groups in total. The second kappa shape index (κ2) is 8.63. The van der Waals surface area contributed by atoms with Crippen LogP contribution in [0.5, 0.6) is 0 Å². The molecule has 158 valence electrons. The van der Waals surface area contributed by atoms with Gasteiger partial charge in [0.15, 0.2) is 0 Å². The van der Waals surface area contributed by atoms with E-state index in [0.717, 1.165) is 43.1 Å². The second-order valence-corrected chi connectivity index (χ2v) is 7.98. The molecule has 0 bridgehead atoms. The lowest BCUT2D eigenvalue weighted by atomic mass is 9.97. The summed E-state index contributed by atoms with van der Waals surface area (Å²) in [6.45, 7) is 3.01. The van der Waals surface area contributed by atoms with Gasteiger partial charge in [-0.1, -0.05) is 18.2 Å². The summed E-state index contributed by atoms with van der Waals surface area (Å²) in [5.41, 5.74) is 1.12. The van der Waals surface area contributed by atoms with Gasteiger partial charge in [-0.15, -0.1) is 0 Å². The molecule has 0 unspecified atom stereocenters. The first-order valence-corrected chi connectivity index (χ1v) is 10.8. The summed E-state index contributed by atoms with van der Waals surface area (Å²) in [5.74, 6) is 1.81. The Labute approximate surface area is 181 Å². The molecule has 31 heavy (non-hydrogen) atoms. The number of rotatable bonds is 6. The van der Waals surface area contributed by atoms with Gasteiger partial charge >= 0.3 is 0 Å². The second-order valence-electron chi connectivity index (χ2n) is 7.98. The lowest BCUT2D eigenvalue weighted by molar-refractivity contribution is -0.125. The molecule has 0 radical (unpaired) electrons. The summed E-state index contributed by atoms with van der Waals surface area (Å²) in [6, 6.07) is 16.3. The number of carbonyl (C=O) groups is 1. The van der Waals surface area contributed by atoms with Gasteiger partial charge in [-0.2, -0.15) is 0 Å². The van der Waals surface area contributed by atoms with E-state index in [-0.39, 0.29) is 11.8 Å². The highest BCUT2D eigenvalue weighted by atomic mass is 16.1. The van der Waals surface area contributed by atoms with Gasteiger partial charge in [0.1, 0.15) is 18.0 Å². The van der Waals surface area contributed by atoms with Crippen molar-refractivity contribution >= 4 is 22.6 Å². The molecule has 4 aromatic rings. The van der Waals surface area contributed by atoms with Crippen molar-refractivity contribution in [2.24, 2.45) is 5.92 Å². The van der Waals surface area contributed by atoms with Gasteiger partial charge in [0.05, 0.1) is 11.4 Å². The Morgan fingerprint density at radius 2 is 1.87 bits per heavy atom. The molecular formula is C24H26N6O. The molecule has 1 saturated heterocycles. The third-order valence-electron chi connectivity index (χ3n) is 5.94. The zero-order chi connectivity index (χ0) is 21.0. The Bertz CT molecular complexity index is 1170. The number of nitrogens with one attached hydrogen (secondary N) is 1. The molecule has 7 nitrogen and oxygen atoms in total. The van der Waals surface area contributed by atoms with Crippen LogP contribution in [0.15, 0.2) is 73.4 Å². The van der Waals surface area contributed by atoms with Crippen LogP contribution in [0, 0.1) is 5.92 Å². The van der Waals surface area contributed by atoms with Crippen molar-refractivity contribution < 1.29 is 4.79 Å². The number of carbonyl (C=O) groups excluding carboxylic acids is 1. The van der Waals surface area contributed by atoms with Crippen molar-refractivity contribution in [3.8, 4) is 5.82 Å². The molecule has 1 aromatic carbocycles. The van der Waals surface area contributed by atoms with Crippen molar-refractivity contribution in [1.82, 2.24) is 24.4 Å². The number of aromatic nitrogens is 4. The maximum absolute atomic E-state index is 12.7. The Morgan fingerprint density at radius 3 is 2.77 bits per heavy atom. The van der Waals surface area contributed by atoms with Gasteiger partial charge in [0, 0.05) is 50.8 Å². The molecule has 1 amide bonds. The molecule has 3 aromatic heterocycles. The van der Waals surface area contributed by atoms with Crippen molar-refractivity contribution in [2.75, 3.05) is 24.5 Å². The van der Waals surface area contributed by atoms with Crippen LogP contribution >= 0.6 is 0 Å². The lowest BCUT2D eigenvalue weighted by Crippen LogP contribution is -2.44. The number of amides is 1. The van der Waals surface area contributed by atoms with Crippen molar-refractivity contribution in [3.63, 3.8) is 0 Å². The standard InChI is InChI=1S/C24H26N6O/c31-24(25-10-15-28-11-3-4-12-28)20-7-5-13-29(17-20)22-16-23(27-18-26-22)30-14-9-19-6-1-2-8-21(19)30/h1-4,6,8-9,11-12,14,16,18,20H,5,7,10,13,15,17H2,(H,25,31)/t20-/m0/s1. The van der Waals surface area contributed by atoms with Crippen molar-refractivity contribution in [2.45, 2.75) is 19.4 Å². The van der Waals surface area contributed by atoms with E-state index in [9.17, 15) is 4.79 Å². The average molecular weight is 415 g/mol. The maximum Gasteiger partial charge on any atom is 0.224 e. The van der Waals surface area contributed by atoms with Gasteiger partial charge < -0.3 is 19.4 Å². The molecule has 1 fully saturated rings. The van der Waals surface area contributed by atoms with Crippen LogP contribution in [-0.4, -0.2) is 44.6 Å². The first-order chi connectivity index (χ1) is 15.3. The van der Waals surface area contributed by atoms with Gasteiger partial charge in [0.2, 0.25) is 5.91 Å². The van der Waals surface area contributed by atoms with E-state index in [1.54, 1.807) is 6.33 Å². The van der Waals surface area contributed by atoms with E-state index in [0.29, 0.717) is 13.1 Å². The average Bonchev–Trinajstić information content (AvgIpc) is 3.49. The fraction of sp³-hybridized carbons (Fsp3) is 0.292. The van der Waals surface area contributed by atoms with E-state index in [1.807, 2.05) is 48.9 Å². The number of hydrogen-bond acceptors (Lipinski definition) is 4. The summed E-state index contributed by atoms with van der Waals surface area (Å²) in [4.78, 5) is 23.9. The summed E-state index contributed by atoms with van der Waals surface area (Å²) >= 11 is 0. The molecule has 5 rings (SSSR count). The molecule has 0 saturated carbocycles. The van der Waals surface area contributed by atoms with Gasteiger partial charge in [-0.25, -0.2) is 9.97 Å². The van der Waals surface area contributed by atoms with E-state index < -0.39 is 0 Å². The Hall–Kier alpha value is -3.61. The number of fused-ring (bicyclic) bond motifs is 1. The number of hydrogen-bond donors (Lipinski definition) is 1. The van der Waals surface area contributed by atoms with Crippen LogP contribution in [-0.2, 0) is 11.3 Å².